The lowest BCUT2D eigenvalue weighted by Crippen LogP contribution is -2.17. The highest BCUT2D eigenvalue weighted by molar-refractivity contribution is 5.72. The monoisotopic (exact) mass is 479 g/mol. The van der Waals surface area contributed by atoms with Crippen LogP contribution in [0.15, 0.2) is 60.4 Å². The van der Waals surface area contributed by atoms with Gasteiger partial charge in [0, 0.05) is 5.56 Å². The zero-order valence-corrected chi connectivity index (χ0v) is 23.3. The molecule has 0 saturated heterocycles. The Hall–Kier alpha value is -2.65. The van der Waals surface area contributed by atoms with Crippen molar-refractivity contribution in [2.75, 3.05) is 0 Å². The van der Waals surface area contributed by atoms with Gasteiger partial charge in [-0.1, -0.05) is 91.0 Å². The van der Waals surface area contributed by atoms with E-state index in [0.29, 0.717) is 22.5 Å². The van der Waals surface area contributed by atoms with E-state index in [9.17, 15) is 5.11 Å². The van der Waals surface area contributed by atoms with E-state index in [0.717, 1.165) is 17.6 Å². The lowest BCUT2D eigenvalue weighted by Gasteiger charge is -2.23. The third kappa shape index (κ3) is 9.85. The van der Waals surface area contributed by atoms with E-state index < -0.39 is 6.04 Å². The maximum Gasteiger partial charge on any atom is 0.129 e. The van der Waals surface area contributed by atoms with E-state index in [2.05, 4.69) is 67.2 Å². The molecule has 2 rings (SSSR count). The minimum atomic E-state index is -0.533. The number of hydrogen-bond donors (Lipinski definition) is 2. The molecule has 0 aliphatic carbocycles. The summed E-state index contributed by atoms with van der Waals surface area (Å²) in [5.74, 6) is 0.0460. The van der Waals surface area contributed by atoms with Gasteiger partial charge in [-0.25, -0.2) is 4.39 Å². The SMILES string of the molecule is C=C(O)/C=C/c1cc(C)c(C(N)/C(C)=C(\CC(C)C)c2ccccc2C)c(F)c1.CCC(C)(C)C. The molecule has 35 heavy (non-hydrogen) atoms. The predicted molar refractivity (Wildman–Crippen MR) is 152 cm³/mol. The van der Waals surface area contributed by atoms with Crippen LogP contribution in [0.5, 0.6) is 0 Å². The molecule has 3 N–H and O–H groups in total. The van der Waals surface area contributed by atoms with Gasteiger partial charge in [0.05, 0.1) is 6.04 Å². The number of aliphatic hydroxyl groups excluding tert-OH is 1. The lowest BCUT2D eigenvalue weighted by molar-refractivity contribution is 0.398. The molecule has 2 aromatic carbocycles. The fourth-order valence-electron chi connectivity index (χ4n) is 3.67. The van der Waals surface area contributed by atoms with E-state index in [1.807, 2.05) is 32.0 Å². The molecule has 0 bridgehead atoms. The quantitative estimate of drug-likeness (QED) is 0.307. The molecule has 0 heterocycles. The molecule has 0 amide bonds. The first-order chi connectivity index (χ1) is 16.2. The average molecular weight is 480 g/mol. The van der Waals surface area contributed by atoms with Crippen LogP contribution in [0.1, 0.15) is 95.2 Å². The highest BCUT2D eigenvalue weighted by Crippen LogP contribution is 2.35. The van der Waals surface area contributed by atoms with Crippen LogP contribution in [0.4, 0.5) is 4.39 Å². The Morgan fingerprint density at radius 3 is 2.14 bits per heavy atom. The predicted octanol–water partition coefficient (Wildman–Crippen LogP) is 9.49. The zero-order valence-electron chi connectivity index (χ0n) is 23.3. The molecule has 0 fully saturated rings. The summed E-state index contributed by atoms with van der Waals surface area (Å²) in [7, 11) is 0. The fraction of sp³-hybridized carbons (Fsp3) is 0.438. The minimum Gasteiger partial charge on any atom is -0.509 e. The van der Waals surface area contributed by atoms with Gasteiger partial charge in [-0.2, -0.15) is 0 Å². The van der Waals surface area contributed by atoms with Crippen molar-refractivity contribution in [3.8, 4) is 0 Å². The topological polar surface area (TPSA) is 46.2 Å². The Balaban J connectivity index is 0.000000905. The van der Waals surface area contributed by atoms with Crippen LogP contribution in [0.2, 0.25) is 0 Å². The molecule has 2 aromatic rings. The van der Waals surface area contributed by atoms with Gasteiger partial charge in [0.2, 0.25) is 0 Å². The van der Waals surface area contributed by atoms with E-state index in [4.69, 9.17) is 5.73 Å². The molecule has 1 unspecified atom stereocenters. The van der Waals surface area contributed by atoms with Gasteiger partial charge in [-0.05, 0) is 84.1 Å². The minimum absolute atomic E-state index is 0.0702. The molecule has 0 aliphatic rings. The van der Waals surface area contributed by atoms with Crippen molar-refractivity contribution < 1.29 is 9.50 Å². The van der Waals surface area contributed by atoms with Crippen LogP contribution in [0.25, 0.3) is 11.6 Å². The molecule has 2 nitrogen and oxygen atoms in total. The van der Waals surface area contributed by atoms with E-state index >= 15 is 4.39 Å². The smallest absolute Gasteiger partial charge is 0.129 e. The van der Waals surface area contributed by atoms with Crippen LogP contribution in [0, 0.1) is 31.0 Å². The van der Waals surface area contributed by atoms with Gasteiger partial charge < -0.3 is 10.8 Å². The number of allylic oxidation sites excluding steroid dienone is 2. The Kier molecular flexibility index (Phi) is 11.7. The summed E-state index contributed by atoms with van der Waals surface area (Å²) >= 11 is 0. The third-order valence-electron chi connectivity index (χ3n) is 6.22. The van der Waals surface area contributed by atoms with Gasteiger partial charge in [0.1, 0.15) is 11.6 Å². The summed E-state index contributed by atoms with van der Waals surface area (Å²) in [6.45, 7) is 22.7. The van der Waals surface area contributed by atoms with Crippen molar-refractivity contribution >= 4 is 11.6 Å². The molecule has 0 aromatic heterocycles. The first-order valence-electron chi connectivity index (χ1n) is 12.5. The van der Waals surface area contributed by atoms with Crippen molar-refractivity contribution in [3.63, 3.8) is 0 Å². The number of hydrogen-bond acceptors (Lipinski definition) is 2. The Bertz CT molecular complexity index is 1030. The Morgan fingerprint density at radius 1 is 1.11 bits per heavy atom. The second-order valence-corrected chi connectivity index (χ2v) is 11.0. The van der Waals surface area contributed by atoms with Gasteiger partial charge in [-0.15, -0.1) is 0 Å². The molecule has 0 spiro atoms. The third-order valence-corrected chi connectivity index (χ3v) is 6.22. The lowest BCUT2D eigenvalue weighted by atomic mass is 9.85. The number of nitrogens with two attached hydrogens (primary N) is 1. The first-order valence-corrected chi connectivity index (χ1v) is 12.5. The molecular formula is C32H46FNO. The van der Waals surface area contributed by atoms with Crippen molar-refractivity contribution in [2.45, 2.75) is 81.2 Å². The number of halogens is 1. The summed E-state index contributed by atoms with van der Waals surface area (Å²) in [4.78, 5) is 0. The Morgan fingerprint density at radius 2 is 1.69 bits per heavy atom. The highest BCUT2D eigenvalue weighted by atomic mass is 19.1. The largest absolute Gasteiger partial charge is 0.509 e. The highest BCUT2D eigenvalue weighted by Gasteiger charge is 2.21. The number of benzene rings is 2. The van der Waals surface area contributed by atoms with Crippen molar-refractivity contribution in [3.05, 3.63) is 94.0 Å². The Labute approximate surface area is 213 Å². The van der Waals surface area contributed by atoms with Crippen LogP contribution < -0.4 is 5.73 Å². The standard InChI is InChI=1S/C26H32FNO.C6H14/c1-16(2)13-23(22-10-8-7-9-17(22)3)20(6)26(28)25-18(4)14-21(15-24(25)27)12-11-19(5)29;1-5-6(2,3)4/h7-12,14-16,26,29H,5,13,28H2,1-4,6H3;5H2,1-4H3/b12-11+,23-20+;. The molecule has 0 saturated carbocycles. The van der Waals surface area contributed by atoms with Crippen LogP contribution in [0.3, 0.4) is 0 Å². The number of aliphatic hydroxyl groups is 1. The maximum atomic E-state index is 15.0. The van der Waals surface area contributed by atoms with Crippen molar-refractivity contribution in [1.82, 2.24) is 0 Å². The van der Waals surface area contributed by atoms with E-state index in [1.165, 1.54) is 35.3 Å². The van der Waals surface area contributed by atoms with Crippen molar-refractivity contribution in [1.29, 1.82) is 0 Å². The normalized spacial score (nSPS) is 13.4. The summed E-state index contributed by atoms with van der Waals surface area (Å²) in [5.41, 5.74) is 13.6. The van der Waals surface area contributed by atoms with Crippen LogP contribution in [-0.4, -0.2) is 5.11 Å². The van der Waals surface area contributed by atoms with Gasteiger partial charge in [0.25, 0.3) is 0 Å². The summed E-state index contributed by atoms with van der Waals surface area (Å²) in [6.07, 6.45) is 5.23. The second kappa shape index (κ2) is 13.4. The molecule has 192 valence electrons. The molecule has 3 heteroatoms. The number of aryl methyl sites for hydroxylation is 2. The maximum absolute atomic E-state index is 15.0. The summed E-state index contributed by atoms with van der Waals surface area (Å²) in [5, 5.41) is 9.23. The molecule has 0 radical (unpaired) electrons. The van der Waals surface area contributed by atoms with Crippen LogP contribution in [-0.2, 0) is 0 Å². The van der Waals surface area contributed by atoms with E-state index in [-0.39, 0.29) is 11.6 Å². The van der Waals surface area contributed by atoms with Crippen molar-refractivity contribution in [2.24, 2.45) is 17.1 Å². The molecule has 1 atom stereocenters. The van der Waals surface area contributed by atoms with Gasteiger partial charge >= 0.3 is 0 Å². The van der Waals surface area contributed by atoms with Crippen LogP contribution >= 0.6 is 0 Å². The summed E-state index contributed by atoms with van der Waals surface area (Å²) in [6, 6.07) is 11.1. The van der Waals surface area contributed by atoms with E-state index in [1.54, 1.807) is 6.08 Å². The molecule has 0 aliphatic heterocycles. The average Bonchev–Trinajstić information content (AvgIpc) is 2.75. The second-order valence-electron chi connectivity index (χ2n) is 11.0. The first kappa shape index (κ1) is 30.4. The fourth-order valence-corrected chi connectivity index (χ4v) is 3.67. The van der Waals surface area contributed by atoms with Gasteiger partial charge in [0.15, 0.2) is 0 Å². The number of rotatable bonds is 7. The zero-order chi connectivity index (χ0) is 26.9. The molecular weight excluding hydrogens is 433 g/mol. The summed E-state index contributed by atoms with van der Waals surface area (Å²) < 4.78 is 15.0. The van der Waals surface area contributed by atoms with Gasteiger partial charge in [-0.3, -0.25) is 0 Å².